The highest BCUT2D eigenvalue weighted by Gasteiger charge is 2.40. The maximum atomic E-state index is 13.4. The number of hydrogen-bond donors (Lipinski definition) is 1. The van der Waals surface area contributed by atoms with E-state index in [4.69, 9.17) is 0 Å². The number of carbonyl (C=O) groups excluding carboxylic acids is 2. The Hall–Kier alpha value is -2.92. The number of benzene rings is 2. The Balaban J connectivity index is 1.29. The Kier molecular flexibility index (Phi) is 5.13. The lowest BCUT2D eigenvalue weighted by molar-refractivity contribution is 0.0658. The van der Waals surface area contributed by atoms with E-state index >= 15 is 0 Å². The number of amides is 2. The van der Waals surface area contributed by atoms with Crippen LogP contribution in [0, 0.1) is 0 Å². The van der Waals surface area contributed by atoms with E-state index in [1.807, 2.05) is 41.8 Å². The maximum Gasteiger partial charge on any atom is 0.261 e. The minimum atomic E-state index is -0.0649. The molecule has 2 aliphatic rings. The van der Waals surface area contributed by atoms with Gasteiger partial charge in [-0.1, -0.05) is 42.5 Å². The molecule has 4 nitrogen and oxygen atoms in total. The third kappa shape index (κ3) is 3.77. The average Bonchev–Trinajstić information content (AvgIpc) is 3.28. The van der Waals surface area contributed by atoms with Gasteiger partial charge in [0, 0.05) is 18.2 Å². The minimum Gasteiger partial charge on any atom is -0.347 e. The molecule has 2 aromatic carbocycles. The van der Waals surface area contributed by atoms with Crippen molar-refractivity contribution in [1.82, 2.24) is 10.2 Å². The Morgan fingerprint density at radius 2 is 1.77 bits per heavy atom. The van der Waals surface area contributed by atoms with Gasteiger partial charge in [-0.15, -0.1) is 11.3 Å². The van der Waals surface area contributed by atoms with Crippen LogP contribution in [0.1, 0.15) is 62.0 Å². The third-order valence-electron chi connectivity index (χ3n) is 6.01. The van der Waals surface area contributed by atoms with Crippen molar-refractivity contribution in [1.29, 1.82) is 0 Å². The Bertz CT molecular complexity index is 1060. The van der Waals surface area contributed by atoms with Crippen molar-refractivity contribution < 1.29 is 9.59 Å². The zero-order valence-corrected chi connectivity index (χ0v) is 17.5. The van der Waals surface area contributed by atoms with Crippen LogP contribution in [0.5, 0.6) is 0 Å². The smallest absolute Gasteiger partial charge is 0.261 e. The number of nitrogens with one attached hydrogen (secondary N) is 1. The summed E-state index contributed by atoms with van der Waals surface area (Å²) in [4.78, 5) is 28.4. The van der Waals surface area contributed by atoms with E-state index in [2.05, 4.69) is 34.5 Å². The van der Waals surface area contributed by atoms with E-state index in [9.17, 15) is 9.59 Å². The summed E-state index contributed by atoms with van der Waals surface area (Å²) in [5, 5.41) is 4.83. The largest absolute Gasteiger partial charge is 0.347 e. The van der Waals surface area contributed by atoms with E-state index in [0.717, 1.165) is 36.8 Å². The highest BCUT2D eigenvalue weighted by Crippen LogP contribution is 2.42. The van der Waals surface area contributed by atoms with Crippen LogP contribution in [0.3, 0.4) is 0 Å². The van der Waals surface area contributed by atoms with Gasteiger partial charge in [0.05, 0.1) is 10.9 Å². The van der Waals surface area contributed by atoms with Crippen molar-refractivity contribution in [3.05, 3.63) is 93.2 Å². The van der Waals surface area contributed by atoms with Gasteiger partial charge >= 0.3 is 0 Å². The van der Waals surface area contributed by atoms with Crippen LogP contribution in [0.2, 0.25) is 0 Å². The van der Waals surface area contributed by atoms with Gasteiger partial charge in [-0.3, -0.25) is 9.59 Å². The van der Waals surface area contributed by atoms with Crippen molar-refractivity contribution in [3.8, 4) is 0 Å². The molecule has 152 valence electrons. The van der Waals surface area contributed by atoms with Crippen LogP contribution < -0.4 is 5.32 Å². The van der Waals surface area contributed by atoms with Gasteiger partial charge in [-0.25, -0.2) is 0 Å². The summed E-state index contributed by atoms with van der Waals surface area (Å²) in [6.07, 6.45) is 4.24. The number of nitrogens with zero attached hydrogens (tertiary/aromatic N) is 1. The van der Waals surface area contributed by atoms with Gasteiger partial charge in [-0.2, -0.15) is 0 Å². The zero-order valence-electron chi connectivity index (χ0n) is 16.7. The maximum absolute atomic E-state index is 13.4. The van der Waals surface area contributed by atoms with E-state index in [1.165, 1.54) is 22.5 Å². The van der Waals surface area contributed by atoms with Crippen LogP contribution in [0.25, 0.3) is 0 Å². The predicted molar refractivity (Wildman–Crippen MR) is 119 cm³/mol. The fraction of sp³-hybridized carbons (Fsp3) is 0.280. The predicted octanol–water partition coefficient (Wildman–Crippen LogP) is 4.97. The van der Waals surface area contributed by atoms with Gasteiger partial charge in [-0.05, 0) is 66.0 Å². The molecule has 1 fully saturated rings. The molecule has 0 saturated heterocycles. The van der Waals surface area contributed by atoms with E-state index in [1.54, 1.807) is 0 Å². The lowest BCUT2D eigenvalue weighted by atomic mass is 10.0. The minimum absolute atomic E-state index is 0.0649. The molecule has 1 heterocycles. The van der Waals surface area contributed by atoms with Crippen molar-refractivity contribution >= 4 is 23.2 Å². The van der Waals surface area contributed by atoms with Crippen LogP contribution in [-0.4, -0.2) is 22.8 Å². The first-order valence-corrected chi connectivity index (χ1v) is 11.4. The molecule has 1 saturated carbocycles. The molecular formula is C25H24N2O2S. The van der Waals surface area contributed by atoms with Crippen LogP contribution in [-0.2, 0) is 13.0 Å². The summed E-state index contributed by atoms with van der Waals surface area (Å²) < 4.78 is 0. The second-order valence-corrected chi connectivity index (χ2v) is 9.00. The molecule has 2 aliphatic carbocycles. The lowest BCUT2D eigenvalue weighted by Crippen LogP contribution is -2.36. The molecule has 1 aromatic heterocycles. The van der Waals surface area contributed by atoms with E-state index in [0.29, 0.717) is 17.5 Å². The molecule has 5 rings (SSSR count). The van der Waals surface area contributed by atoms with Crippen molar-refractivity contribution in [2.24, 2.45) is 0 Å². The number of rotatable bonds is 6. The summed E-state index contributed by atoms with van der Waals surface area (Å²) in [5.74, 6) is 0.0540. The molecule has 0 radical (unpaired) electrons. The molecule has 1 unspecified atom stereocenters. The van der Waals surface area contributed by atoms with Crippen LogP contribution in [0.15, 0.2) is 66.0 Å². The zero-order chi connectivity index (χ0) is 20.5. The average molecular weight is 417 g/mol. The molecule has 0 bridgehead atoms. The number of fused-ring (bicyclic) bond motifs is 1. The summed E-state index contributed by atoms with van der Waals surface area (Å²) in [6, 6.07) is 20.4. The Morgan fingerprint density at radius 3 is 2.50 bits per heavy atom. The molecule has 0 aliphatic heterocycles. The first kappa shape index (κ1) is 19.1. The summed E-state index contributed by atoms with van der Waals surface area (Å²) in [5.41, 5.74) is 4.39. The normalized spacial score (nSPS) is 17.4. The fourth-order valence-corrected chi connectivity index (χ4v) is 4.97. The fourth-order valence-electron chi connectivity index (χ4n) is 4.33. The van der Waals surface area contributed by atoms with Gasteiger partial charge in [0.25, 0.3) is 11.8 Å². The lowest BCUT2D eigenvalue weighted by Gasteiger charge is -2.30. The monoisotopic (exact) mass is 416 g/mol. The van der Waals surface area contributed by atoms with Gasteiger partial charge in [0.1, 0.15) is 0 Å². The number of thiophene rings is 1. The molecule has 1 N–H and O–H groups in total. The molecule has 30 heavy (non-hydrogen) atoms. The SMILES string of the molecule is O=C(NCc1ccc(C(=O)N(C2CC2)C2CCc3ccccc32)cc1)c1cccs1. The third-order valence-corrected chi connectivity index (χ3v) is 6.88. The van der Waals surface area contributed by atoms with Gasteiger partial charge in [0.2, 0.25) is 0 Å². The van der Waals surface area contributed by atoms with Crippen molar-refractivity contribution in [2.75, 3.05) is 0 Å². The van der Waals surface area contributed by atoms with Crippen LogP contribution in [0.4, 0.5) is 0 Å². The van der Waals surface area contributed by atoms with E-state index in [-0.39, 0.29) is 17.9 Å². The highest BCUT2D eigenvalue weighted by molar-refractivity contribution is 7.12. The molecule has 2 amide bonds. The first-order chi connectivity index (χ1) is 14.7. The standard InChI is InChI=1S/C25H24N2O2S/c28-24(23-6-3-15-30-23)26-16-17-7-9-19(10-8-17)25(29)27(20-12-13-20)22-14-11-18-4-1-2-5-21(18)22/h1-10,15,20,22H,11-14,16H2,(H,26,28). The summed E-state index contributed by atoms with van der Waals surface area (Å²) >= 11 is 1.43. The number of hydrogen-bond acceptors (Lipinski definition) is 3. The van der Waals surface area contributed by atoms with Gasteiger partial charge in [0.15, 0.2) is 0 Å². The molecule has 3 aromatic rings. The van der Waals surface area contributed by atoms with Crippen LogP contribution >= 0.6 is 11.3 Å². The van der Waals surface area contributed by atoms with Crippen molar-refractivity contribution in [2.45, 2.75) is 44.3 Å². The second-order valence-electron chi connectivity index (χ2n) is 8.05. The molecular weight excluding hydrogens is 392 g/mol. The van der Waals surface area contributed by atoms with Gasteiger partial charge < -0.3 is 10.2 Å². The highest BCUT2D eigenvalue weighted by atomic mass is 32.1. The molecule has 1 atom stereocenters. The first-order valence-electron chi connectivity index (χ1n) is 10.5. The quantitative estimate of drug-likeness (QED) is 0.617. The summed E-state index contributed by atoms with van der Waals surface area (Å²) in [6.45, 7) is 0.452. The van der Waals surface area contributed by atoms with Crippen molar-refractivity contribution in [3.63, 3.8) is 0 Å². The van der Waals surface area contributed by atoms with E-state index < -0.39 is 0 Å². The number of carbonyl (C=O) groups is 2. The molecule has 5 heteroatoms. The Morgan fingerprint density at radius 1 is 0.967 bits per heavy atom. The second kappa shape index (κ2) is 8.07. The topological polar surface area (TPSA) is 49.4 Å². The Labute approximate surface area is 180 Å². The molecule has 0 spiro atoms. The summed E-state index contributed by atoms with van der Waals surface area (Å²) in [7, 11) is 0. The number of aryl methyl sites for hydroxylation is 1.